The average Bonchev–Trinajstić information content (AvgIpc) is 4.23. The van der Waals surface area contributed by atoms with Crippen LogP contribution in [0.4, 0.5) is 0 Å². The second-order valence-electron chi connectivity index (χ2n) is 24.7. The summed E-state index contributed by atoms with van der Waals surface area (Å²) >= 11 is 13.6. The molecule has 5 aliphatic rings. The number of hydrogen-bond acceptors (Lipinski definition) is 15. The van der Waals surface area contributed by atoms with E-state index in [4.69, 9.17) is 33.2 Å². The van der Waals surface area contributed by atoms with Crippen molar-refractivity contribution in [1.29, 1.82) is 0 Å². The molecule has 1 aliphatic carbocycles. The van der Waals surface area contributed by atoms with Crippen molar-refractivity contribution in [1.82, 2.24) is 0 Å². The van der Waals surface area contributed by atoms with E-state index in [1.54, 1.807) is 0 Å². The fourth-order valence-corrected chi connectivity index (χ4v) is 19.8. The molecule has 428 valence electrons. The smallest absolute Gasteiger partial charge is 0.126 e. The third-order valence-electron chi connectivity index (χ3n) is 14.3. The Labute approximate surface area is 502 Å². The van der Waals surface area contributed by atoms with Crippen molar-refractivity contribution in [3.63, 3.8) is 0 Å². The van der Waals surface area contributed by atoms with Gasteiger partial charge in [0, 0.05) is 42.9 Å². The van der Waals surface area contributed by atoms with E-state index in [1.807, 2.05) is 82.3 Å². The van der Waals surface area contributed by atoms with E-state index < -0.39 is 0 Å². The SMILES string of the molecule is CC(C)(C)c1cc2c(OCCO)c(c1)Cc1cc(C(C)(C)C)cc(c1OCCSC1=CSC(=C3SC4=C(SCCS4)S3)S1)Cc1cc(C(C)(C)C)cc3c1OCCOCCOCCOCCOc1c(cc(C(C)(C)C)cc1C3)C2. The highest BCUT2D eigenvalue weighted by Gasteiger charge is 2.32. The zero-order valence-corrected chi connectivity index (χ0v) is 54.3. The predicted molar refractivity (Wildman–Crippen MR) is 343 cm³/mol. The molecule has 0 saturated carbocycles. The minimum Gasteiger partial charge on any atom is -0.492 e. The molecule has 4 heterocycles. The van der Waals surface area contributed by atoms with Gasteiger partial charge in [0.05, 0.1) is 74.0 Å². The summed E-state index contributed by atoms with van der Waals surface area (Å²) in [7, 11) is 0. The van der Waals surface area contributed by atoms with Crippen LogP contribution >= 0.6 is 82.3 Å². The Kier molecular flexibility index (Phi) is 20.6. The van der Waals surface area contributed by atoms with Gasteiger partial charge in [0.25, 0.3) is 0 Å². The van der Waals surface area contributed by atoms with Gasteiger partial charge in [0.15, 0.2) is 0 Å². The molecule has 0 aromatic heterocycles. The standard InChI is InChI=1S/C64H82O8S7/c1-61(2,3)48-31-40-27-42-33-49(62(4,5)6)34-43-29-44-35-50(63(7,8)9)36-45(55(44)71-22-20-68-18-16-66-15-17-67-19-21-70-54(42)43)30-47-38-51(64(10,11)12)37-46(28-41(32-48)53(40)69-14-13-65)56(47)72-23-24-73-52-39-76-59(77-52)60-78-57-58(79-60)75-26-25-74-57/h31-39,65H,13-30H2,1-12H3. The normalized spacial score (nSPS) is 18.2. The Morgan fingerprint density at radius 2 is 0.797 bits per heavy atom. The van der Waals surface area contributed by atoms with Crippen molar-refractivity contribution in [2.45, 2.75) is 130 Å². The van der Waals surface area contributed by atoms with Gasteiger partial charge in [0.1, 0.15) is 42.8 Å². The van der Waals surface area contributed by atoms with Gasteiger partial charge in [-0.2, -0.15) is 0 Å². The first-order valence-corrected chi connectivity index (χ1v) is 34.2. The van der Waals surface area contributed by atoms with Gasteiger partial charge in [-0.1, -0.05) is 179 Å². The molecule has 0 unspecified atom stereocenters. The molecule has 0 saturated heterocycles. The molecule has 0 spiro atoms. The summed E-state index contributed by atoms with van der Waals surface area (Å²) in [5, 5.41) is 12.8. The van der Waals surface area contributed by atoms with Crippen LogP contribution in [0.3, 0.4) is 0 Å². The molecule has 4 aliphatic heterocycles. The summed E-state index contributed by atoms with van der Waals surface area (Å²) in [6, 6.07) is 18.9. The van der Waals surface area contributed by atoms with E-state index in [0.29, 0.717) is 85.1 Å². The number of aliphatic hydroxyl groups is 1. The monoisotopic (exact) mass is 1200 g/mol. The summed E-state index contributed by atoms with van der Waals surface area (Å²) in [5.41, 5.74) is 12.9. The Balaban J connectivity index is 1.22. The highest BCUT2D eigenvalue weighted by molar-refractivity contribution is 8.43. The van der Waals surface area contributed by atoms with Gasteiger partial charge < -0.3 is 38.3 Å². The summed E-state index contributed by atoms with van der Waals surface area (Å²) in [6.45, 7) is 31.6. The number of hydrogen-bond donors (Lipinski definition) is 1. The predicted octanol–water partition coefficient (Wildman–Crippen LogP) is 16.3. The summed E-state index contributed by atoms with van der Waals surface area (Å²) < 4.78 is 53.6. The molecule has 79 heavy (non-hydrogen) atoms. The number of rotatable bonds is 8. The van der Waals surface area contributed by atoms with Gasteiger partial charge in [-0.3, -0.25) is 0 Å². The summed E-state index contributed by atoms with van der Waals surface area (Å²) in [4.78, 5) is 0. The third-order valence-corrected chi connectivity index (χ3v) is 24.3. The maximum atomic E-state index is 10.5. The van der Waals surface area contributed by atoms with Crippen LogP contribution in [0.1, 0.15) is 150 Å². The van der Waals surface area contributed by atoms with Crippen LogP contribution < -0.4 is 18.9 Å². The number of ether oxygens (including phenoxy) is 7. The maximum absolute atomic E-state index is 10.5. The minimum atomic E-state index is -0.188. The molecule has 0 radical (unpaired) electrons. The van der Waals surface area contributed by atoms with Gasteiger partial charge in [-0.05, 0) is 93.8 Å². The van der Waals surface area contributed by atoms with E-state index >= 15 is 0 Å². The fraction of sp³-hybridized carbons (Fsp3) is 0.531. The summed E-state index contributed by atoms with van der Waals surface area (Å²) in [5.74, 6) is 6.61. The third kappa shape index (κ3) is 15.9. The molecule has 0 fully saturated rings. The van der Waals surface area contributed by atoms with Crippen LogP contribution in [0.2, 0.25) is 0 Å². The Hall–Kier alpha value is -2.41. The first-order valence-electron chi connectivity index (χ1n) is 27.9. The topological polar surface area (TPSA) is 84.8 Å². The fourth-order valence-electron chi connectivity index (χ4n) is 9.94. The second kappa shape index (κ2) is 26.7. The van der Waals surface area contributed by atoms with Gasteiger partial charge in [0.2, 0.25) is 0 Å². The lowest BCUT2D eigenvalue weighted by Gasteiger charge is -2.29. The number of fused-ring (bicyclic) bond motifs is 4. The number of benzene rings is 4. The van der Waals surface area contributed by atoms with Crippen LogP contribution in [0.5, 0.6) is 23.0 Å². The highest BCUT2D eigenvalue weighted by Crippen LogP contribution is 2.64. The van der Waals surface area contributed by atoms with Crippen molar-refractivity contribution in [2.24, 2.45) is 0 Å². The van der Waals surface area contributed by atoms with Crippen LogP contribution in [-0.2, 0) is 61.6 Å². The average molecular weight is 1200 g/mol. The summed E-state index contributed by atoms with van der Waals surface area (Å²) in [6.07, 6.45) is 2.25. The Morgan fingerprint density at radius 1 is 0.443 bits per heavy atom. The lowest BCUT2D eigenvalue weighted by molar-refractivity contribution is 0.00474. The molecule has 1 N–H and O–H groups in total. The van der Waals surface area contributed by atoms with Gasteiger partial charge >= 0.3 is 0 Å². The van der Waals surface area contributed by atoms with Crippen molar-refractivity contribution in [3.8, 4) is 23.0 Å². The second-order valence-corrected chi connectivity index (χ2v) is 33.3. The van der Waals surface area contributed by atoms with E-state index in [1.165, 1.54) is 54.9 Å². The largest absolute Gasteiger partial charge is 0.492 e. The zero-order chi connectivity index (χ0) is 56.1. The van der Waals surface area contributed by atoms with Crippen LogP contribution in [0.15, 0.2) is 75.1 Å². The molecule has 15 heteroatoms. The molecule has 10 bridgehead atoms. The van der Waals surface area contributed by atoms with Crippen LogP contribution in [0.25, 0.3) is 0 Å². The van der Waals surface area contributed by atoms with Gasteiger partial charge in [-0.15, -0.1) is 35.3 Å². The Morgan fingerprint density at radius 3 is 1.19 bits per heavy atom. The van der Waals surface area contributed by atoms with Crippen molar-refractivity contribution in [2.75, 3.05) is 89.9 Å². The molecule has 4 aromatic carbocycles. The minimum absolute atomic E-state index is 0.107. The molecule has 0 atom stereocenters. The van der Waals surface area contributed by atoms with Crippen molar-refractivity contribution >= 4 is 82.3 Å². The van der Waals surface area contributed by atoms with Crippen LogP contribution in [0, 0.1) is 0 Å². The van der Waals surface area contributed by atoms with E-state index in [0.717, 1.165) is 73.3 Å². The quantitative estimate of drug-likeness (QED) is 0.150. The van der Waals surface area contributed by atoms with Gasteiger partial charge in [-0.25, -0.2) is 0 Å². The highest BCUT2D eigenvalue weighted by atomic mass is 32.3. The number of aliphatic hydroxyl groups excluding tert-OH is 1. The lowest BCUT2D eigenvalue weighted by Crippen LogP contribution is -2.19. The zero-order valence-electron chi connectivity index (χ0n) is 48.6. The molecule has 9 rings (SSSR count). The lowest BCUT2D eigenvalue weighted by atomic mass is 9.79. The van der Waals surface area contributed by atoms with E-state index in [-0.39, 0.29) is 34.9 Å². The molecule has 0 amide bonds. The first kappa shape index (κ1) is 61.2. The van der Waals surface area contributed by atoms with E-state index in [9.17, 15) is 5.11 Å². The molecular weight excluding hydrogens is 1120 g/mol. The number of thioether (sulfide) groups is 7. The molecule has 8 nitrogen and oxygen atoms in total. The first-order chi connectivity index (χ1) is 37.6. The van der Waals surface area contributed by atoms with Crippen molar-refractivity contribution in [3.05, 3.63) is 142 Å². The maximum Gasteiger partial charge on any atom is 0.126 e. The van der Waals surface area contributed by atoms with Crippen LogP contribution in [-0.4, -0.2) is 95.0 Å². The molecular formula is C64H82O8S7. The molecule has 4 aromatic rings. The van der Waals surface area contributed by atoms with Crippen molar-refractivity contribution < 1.29 is 38.3 Å². The van der Waals surface area contributed by atoms with E-state index in [2.05, 4.69) is 137 Å². The Bertz CT molecular complexity index is 2910.